The lowest BCUT2D eigenvalue weighted by molar-refractivity contribution is -0.424. The van der Waals surface area contributed by atoms with Crippen molar-refractivity contribution in [2.24, 2.45) is 5.92 Å². The van der Waals surface area contributed by atoms with Gasteiger partial charge in [-0.05, 0) is 6.92 Å². The Labute approximate surface area is 529 Å². The van der Waals surface area contributed by atoms with E-state index in [-0.39, 0.29) is 6.47 Å². The molecular weight excluding hydrogens is 1270 g/mol. The third-order valence-electron chi connectivity index (χ3n) is 17.2. The largest absolute Gasteiger partial charge is 0.410 e. The SMILES string of the molecule is CC(=O)NC1C(OC2[C@@H](OCC3O[C@@H](O[C@@H]4C(CO)O[C@@H](O[C@@H]5C(CO)O[C@@H](C)C(NC(C)=O)[C@H]5O)C(NC(C)=O)[C@H]4O)C(O)[C@@H](O)[C@@H]3O)OC(CO)[C@@H](O)[C@@H]2O)O[C@@H](CO)[C@@H](O[C@@H]2OC(CO[C@]3(OC=O)C[C@@H](O)[C@@H](C)C(C(O)[C@H](O)CO)O3)[C@H](O)[C@H](O)C2O)C1O. The fourth-order valence-electron chi connectivity index (χ4n) is 12.1. The molecule has 40 heteroatoms. The first kappa shape index (κ1) is 77.0. The number of rotatable bonds is 26. The molecule has 7 saturated heterocycles. The summed E-state index contributed by atoms with van der Waals surface area (Å²) in [7, 11) is 0. The number of ether oxygens (including phenoxy) is 14. The number of amides is 3. The molecule has 36 atom stereocenters. The molecule has 15 unspecified atom stereocenters. The van der Waals surface area contributed by atoms with Gasteiger partial charge in [0, 0.05) is 26.7 Å². The summed E-state index contributed by atoms with van der Waals surface area (Å²) in [4.78, 5) is 49.1. The van der Waals surface area contributed by atoms with E-state index in [4.69, 9.17) is 66.3 Å². The van der Waals surface area contributed by atoms with Crippen molar-refractivity contribution < 1.29 is 183 Å². The average molecular weight is 1360 g/mol. The maximum Gasteiger partial charge on any atom is 0.332 e. The Bertz CT molecular complexity index is 2380. The zero-order chi connectivity index (χ0) is 68.8. The molecule has 0 aliphatic carbocycles. The second-order valence-corrected chi connectivity index (χ2v) is 23.8. The fraction of sp³-hybridized carbons (Fsp3) is 0.925. The number of carbonyl (C=O) groups excluding carboxylic acids is 4. The van der Waals surface area contributed by atoms with Gasteiger partial charge >= 0.3 is 5.97 Å². The second kappa shape index (κ2) is 33.4. The molecule has 7 fully saturated rings. The van der Waals surface area contributed by atoms with Gasteiger partial charge in [-0.3, -0.25) is 19.2 Å². The second-order valence-electron chi connectivity index (χ2n) is 23.8. The third kappa shape index (κ3) is 17.4. The van der Waals surface area contributed by atoms with Crippen molar-refractivity contribution in [3.05, 3.63) is 0 Å². The standard InChI is InChI=1S/C53H89N3O37/c1-15-20(66)6-53(82-14-62,93-43(15)31(68)21(67)7-57)81-13-27-34(71)39(76)42(79)51(88-27)91-46-25(11-61)86-49(30(37(46)74)56-19(5)65)92-47-40(77)32(69)22(8-58)84-52(47)80-12-26-33(70)38(75)41(78)50(87-26)90-45-24(10-60)85-48(29(36(45)73)55-18(4)64)89-44-23(9-59)83-16(2)28(35(44)72)54-17(3)63/h14-16,20-52,57-61,66-79H,6-13H2,1-5H3,(H,54,63)(H,55,64)(H,56,65)/t15-,16+,20-,21-,22?,23?,24?,25+,26?,27?,28?,29?,30?,31?,32-,33-,34+,35-,36-,37?,38+,39+,40+,41?,42?,43?,44-,45-,46-,47?,48+,49?,50+,51+,52+,53+/m1/s1. The number of hydrogen-bond acceptors (Lipinski definition) is 37. The number of carbonyl (C=O) groups is 4. The van der Waals surface area contributed by atoms with Crippen LogP contribution in [0.25, 0.3) is 0 Å². The van der Waals surface area contributed by atoms with Gasteiger partial charge in [0.25, 0.3) is 6.47 Å². The minimum atomic E-state index is -2.58. The first-order valence-electron chi connectivity index (χ1n) is 29.9. The zero-order valence-electron chi connectivity index (χ0n) is 50.8. The van der Waals surface area contributed by atoms with Crippen LogP contribution < -0.4 is 16.0 Å². The average Bonchev–Trinajstić information content (AvgIpc) is 0.798. The number of aliphatic hydroxyl groups excluding tert-OH is 19. The molecule has 0 radical (unpaired) electrons. The van der Waals surface area contributed by atoms with Gasteiger partial charge in [-0.1, -0.05) is 6.92 Å². The van der Waals surface area contributed by atoms with E-state index in [0.29, 0.717) is 0 Å². The molecule has 0 spiro atoms. The van der Waals surface area contributed by atoms with Gasteiger partial charge in [-0.2, -0.15) is 0 Å². The van der Waals surface area contributed by atoms with Crippen molar-refractivity contribution in [2.75, 3.05) is 46.2 Å². The molecule has 93 heavy (non-hydrogen) atoms. The summed E-state index contributed by atoms with van der Waals surface area (Å²) in [6.45, 7) is -0.774. The highest BCUT2D eigenvalue weighted by Gasteiger charge is 2.59. The summed E-state index contributed by atoms with van der Waals surface area (Å²) < 4.78 is 81.3. The lowest BCUT2D eigenvalue weighted by Crippen LogP contribution is -2.70. The van der Waals surface area contributed by atoms with Gasteiger partial charge in [0.1, 0.15) is 152 Å². The van der Waals surface area contributed by atoms with Crippen LogP contribution >= 0.6 is 0 Å². The van der Waals surface area contributed by atoms with Gasteiger partial charge in [0.2, 0.25) is 17.7 Å². The van der Waals surface area contributed by atoms with E-state index in [9.17, 15) is 116 Å². The van der Waals surface area contributed by atoms with Crippen LogP contribution in [-0.4, -0.2) is 382 Å². The van der Waals surface area contributed by atoms with Crippen LogP contribution in [0.4, 0.5) is 0 Å². The Balaban J connectivity index is 1.06. The van der Waals surface area contributed by atoms with Crippen LogP contribution in [0.5, 0.6) is 0 Å². The van der Waals surface area contributed by atoms with Gasteiger partial charge in [-0.15, -0.1) is 0 Å². The topological polar surface area (TPSA) is 618 Å². The summed E-state index contributed by atoms with van der Waals surface area (Å²) >= 11 is 0. The number of nitrogens with one attached hydrogen (secondary N) is 3. The molecule has 7 heterocycles. The van der Waals surface area contributed by atoms with E-state index < -0.39 is 291 Å². The molecule has 0 bridgehead atoms. The number of hydrogen-bond donors (Lipinski definition) is 22. The highest BCUT2D eigenvalue weighted by Crippen LogP contribution is 2.40. The predicted molar refractivity (Wildman–Crippen MR) is 290 cm³/mol. The molecule has 40 nitrogen and oxygen atoms in total. The monoisotopic (exact) mass is 1360 g/mol. The van der Waals surface area contributed by atoms with Crippen LogP contribution in [0.1, 0.15) is 41.0 Å². The predicted octanol–water partition coefficient (Wildman–Crippen LogP) is -14.2. The molecule has 0 saturated carbocycles. The molecule has 538 valence electrons. The third-order valence-corrected chi connectivity index (χ3v) is 17.2. The molecular formula is C53H89N3O37. The molecule has 7 rings (SSSR count). The summed E-state index contributed by atoms with van der Waals surface area (Å²) in [5.74, 6) is -5.81. The molecule has 0 aromatic heterocycles. The Morgan fingerprint density at radius 1 is 0.484 bits per heavy atom. The van der Waals surface area contributed by atoms with Crippen LogP contribution in [0.3, 0.4) is 0 Å². The quantitative estimate of drug-likeness (QED) is 0.0282. The Morgan fingerprint density at radius 3 is 1.33 bits per heavy atom. The van der Waals surface area contributed by atoms with Crippen molar-refractivity contribution >= 4 is 24.2 Å². The normalized spacial score (nSPS) is 47.2. The summed E-state index contributed by atoms with van der Waals surface area (Å²) in [5, 5.41) is 215. The minimum absolute atomic E-state index is 0.156. The van der Waals surface area contributed by atoms with Crippen molar-refractivity contribution in [3.8, 4) is 0 Å². The van der Waals surface area contributed by atoms with Gasteiger partial charge in [0.05, 0.1) is 77.0 Å². The fourth-order valence-corrected chi connectivity index (χ4v) is 12.1. The Kier molecular flexibility index (Phi) is 27.7. The molecule has 7 aliphatic heterocycles. The van der Waals surface area contributed by atoms with Crippen molar-refractivity contribution in [3.63, 3.8) is 0 Å². The van der Waals surface area contributed by atoms with E-state index in [1.54, 1.807) is 0 Å². The van der Waals surface area contributed by atoms with E-state index in [1.165, 1.54) is 20.8 Å². The van der Waals surface area contributed by atoms with Crippen LogP contribution in [0.2, 0.25) is 0 Å². The summed E-state index contributed by atoms with van der Waals surface area (Å²) in [6.07, 6.45) is -58.5. The van der Waals surface area contributed by atoms with Gasteiger partial charge in [0.15, 0.2) is 31.5 Å². The van der Waals surface area contributed by atoms with E-state index >= 15 is 0 Å². The Hall–Kier alpha value is -3.40. The molecule has 0 aromatic rings. The minimum Gasteiger partial charge on any atom is -0.410 e. The molecule has 22 N–H and O–H groups in total. The summed E-state index contributed by atoms with van der Waals surface area (Å²) in [5.41, 5.74) is 0. The van der Waals surface area contributed by atoms with Gasteiger partial charge in [-0.25, -0.2) is 0 Å². The first-order valence-corrected chi connectivity index (χ1v) is 29.9. The highest BCUT2D eigenvalue weighted by atomic mass is 16.9. The van der Waals surface area contributed by atoms with E-state index in [2.05, 4.69) is 16.0 Å². The van der Waals surface area contributed by atoms with Crippen LogP contribution in [0.15, 0.2) is 0 Å². The summed E-state index contributed by atoms with van der Waals surface area (Å²) in [6, 6.07) is -4.62. The van der Waals surface area contributed by atoms with Gasteiger partial charge < -0.3 is 179 Å². The van der Waals surface area contributed by atoms with Crippen molar-refractivity contribution in [2.45, 2.75) is 255 Å². The van der Waals surface area contributed by atoms with Crippen LogP contribution in [-0.2, 0) is 85.5 Å². The molecule has 3 amide bonds. The number of aliphatic hydroxyl groups is 19. The van der Waals surface area contributed by atoms with Crippen LogP contribution in [0, 0.1) is 5.92 Å². The maximum absolute atomic E-state index is 12.8. The lowest BCUT2D eigenvalue weighted by Gasteiger charge is -2.50. The highest BCUT2D eigenvalue weighted by molar-refractivity contribution is 5.74. The van der Waals surface area contributed by atoms with E-state index in [0.717, 1.165) is 13.8 Å². The zero-order valence-corrected chi connectivity index (χ0v) is 50.8. The lowest BCUT2D eigenvalue weighted by atomic mass is 9.87. The Morgan fingerprint density at radius 2 is 0.882 bits per heavy atom. The smallest absolute Gasteiger partial charge is 0.332 e. The maximum atomic E-state index is 12.8. The van der Waals surface area contributed by atoms with Crippen molar-refractivity contribution in [1.29, 1.82) is 0 Å². The first-order chi connectivity index (χ1) is 43.9. The van der Waals surface area contributed by atoms with E-state index in [1.807, 2.05) is 0 Å². The molecule has 7 aliphatic rings. The van der Waals surface area contributed by atoms with Crippen molar-refractivity contribution in [1.82, 2.24) is 16.0 Å². The molecule has 0 aromatic carbocycles.